The molecule has 5 heteroatoms. The minimum atomic E-state index is 0.651. The Morgan fingerprint density at radius 1 is 1.00 bits per heavy atom. The van der Waals surface area contributed by atoms with Crippen LogP contribution in [-0.2, 0) is 13.0 Å². The summed E-state index contributed by atoms with van der Waals surface area (Å²) in [5, 5.41) is 3.43. The Morgan fingerprint density at radius 3 is 2.67 bits per heavy atom. The van der Waals surface area contributed by atoms with E-state index in [2.05, 4.69) is 28.1 Å². The third-order valence-corrected chi connectivity index (χ3v) is 5.45. The van der Waals surface area contributed by atoms with Crippen LogP contribution in [0.1, 0.15) is 16.3 Å². The zero-order valence-electron chi connectivity index (χ0n) is 12.7. The van der Waals surface area contributed by atoms with E-state index in [0.29, 0.717) is 16.6 Å². The van der Waals surface area contributed by atoms with Crippen molar-refractivity contribution in [1.29, 1.82) is 0 Å². The monoisotopic (exact) mass is 372 g/mol. The number of imidazole rings is 1. The first-order chi connectivity index (χ1) is 11.7. The zero-order chi connectivity index (χ0) is 16.5. The molecule has 2 aromatic carbocycles. The second kappa shape index (κ2) is 6.60. The van der Waals surface area contributed by atoms with Crippen LogP contribution < -0.4 is 0 Å². The van der Waals surface area contributed by atoms with Crippen molar-refractivity contribution in [3.8, 4) is 0 Å². The molecule has 4 aromatic rings. The van der Waals surface area contributed by atoms with E-state index in [-0.39, 0.29) is 0 Å². The third-order valence-electron chi connectivity index (χ3n) is 3.99. The summed E-state index contributed by atoms with van der Waals surface area (Å²) >= 11 is 14.1. The highest BCUT2D eigenvalue weighted by molar-refractivity contribution is 7.09. The molecule has 0 N–H and O–H groups in total. The molecule has 0 aliphatic heterocycles. The molecule has 0 aliphatic carbocycles. The fraction of sp³-hybridized carbons (Fsp3) is 0.105. The number of fused-ring (bicyclic) bond motifs is 1. The molecule has 0 saturated carbocycles. The summed E-state index contributed by atoms with van der Waals surface area (Å²) in [4.78, 5) is 6.13. The van der Waals surface area contributed by atoms with Crippen LogP contribution in [0.2, 0.25) is 10.0 Å². The van der Waals surface area contributed by atoms with Crippen molar-refractivity contribution in [2.45, 2.75) is 13.0 Å². The lowest BCUT2D eigenvalue weighted by molar-refractivity contribution is 0.765. The van der Waals surface area contributed by atoms with Crippen LogP contribution in [0.3, 0.4) is 0 Å². The molecular weight excluding hydrogens is 359 g/mol. The number of hydrogen-bond donors (Lipinski definition) is 0. The van der Waals surface area contributed by atoms with Crippen LogP contribution in [0.4, 0.5) is 0 Å². The fourth-order valence-corrected chi connectivity index (χ4v) is 4.00. The van der Waals surface area contributed by atoms with Crippen molar-refractivity contribution in [1.82, 2.24) is 9.55 Å². The number of rotatable bonds is 4. The van der Waals surface area contributed by atoms with E-state index in [1.807, 2.05) is 30.3 Å². The average Bonchev–Trinajstić information content (AvgIpc) is 3.19. The molecule has 0 amide bonds. The topological polar surface area (TPSA) is 17.8 Å². The summed E-state index contributed by atoms with van der Waals surface area (Å²) in [5.41, 5.74) is 3.17. The Hall–Kier alpha value is -1.81. The molecule has 0 spiro atoms. The zero-order valence-corrected chi connectivity index (χ0v) is 15.1. The van der Waals surface area contributed by atoms with E-state index in [1.54, 1.807) is 17.4 Å². The highest BCUT2D eigenvalue weighted by atomic mass is 35.5. The van der Waals surface area contributed by atoms with E-state index in [1.165, 1.54) is 4.88 Å². The lowest BCUT2D eigenvalue weighted by Gasteiger charge is -2.11. The Morgan fingerprint density at radius 2 is 1.88 bits per heavy atom. The molecule has 2 nitrogen and oxygen atoms in total. The lowest BCUT2D eigenvalue weighted by atomic mass is 10.2. The summed E-state index contributed by atoms with van der Waals surface area (Å²) in [5.74, 6) is 1.05. The fourth-order valence-electron chi connectivity index (χ4n) is 2.83. The van der Waals surface area contributed by atoms with Gasteiger partial charge in [-0.3, -0.25) is 0 Å². The normalized spacial score (nSPS) is 11.2. The highest BCUT2D eigenvalue weighted by Crippen LogP contribution is 2.26. The van der Waals surface area contributed by atoms with Crippen molar-refractivity contribution < 1.29 is 0 Å². The maximum absolute atomic E-state index is 6.38. The van der Waals surface area contributed by atoms with Gasteiger partial charge in [0.1, 0.15) is 5.82 Å². The molecule has 0 radical (unpaired) electrons. The molecule has 24 heavy (non-hydrogen) atoms. The van der Waals surface area contributed by atoms with Crippen LogP contribution in [0.5, 0.6) is 0 Å². The molecule has 120 valence electrons. The third kappa shape index (κ3) is 3.07. The van der Waals surface area contributed by atoms with Gasteiger partial charge in [-0.15, -0.1) is 11.3 Å². The first-order valence-electron chi connectivity index (χ1n) is 7.61. The lowest BCUT2D eigenvalue weighted by Crippen LogP contribution is -2.06. The summed E-state index contributed by atoms with van der Waals surface area (Å²) in [7, 11) is 0. The molecule has 0 bridgehead atoms. The maximum Gasteiger partial charge on any atom is 0.115 e. The van der Waals surface area contributed by atoms with Gasteiger partial charge in [0.2, 0.25) is 0 Å². The smallest absolute Gasteiger partial charge is 0.115 e. The molecule has 2 heterocycles. The number of halogens is 2. The second-order valence-corrected chi connectivity index (χ2v) is 7.47. The van der Waals surface area contributed by atoms with E-state index in [9.17, 15) is 0 Å². The first kappa shape index (κ1) is 15.7. The van der Waals surface area contributed by atoms with Crippen LogP contribution in [-0.4, -0.2) is 9.55 Å². The predicted molar refractivity (Wildman–Crippen MR) is 102 cm³/mol. The predicted octanol–water partition coefficient (Wildman–Crippen LogP) is 6.04. The molecular formula is C19H14Cl2N2S. The van der Waals surface area contributed by atoms with Crippen molar-refractivity contribution >= 4 is 45.6 Å². The summed E-state index contributed by atoms with van der Waals surface area (Å²) < 4.78 is 2.24. The summed E-state index contributed by atoms with van der Waals surface area (Å²) in [6, 6.07) is 18.1. The van der Waals surface area contributed by atoms with Crippen LogP contribution in [0.25, 0.3) is 11.0 Å². The van der Waals surface area contributed by atoms with Gasteiger partial charge in [-0.05, 0) is 41.3 Å². The average molecular weight is 373 g/mol. The molecule has 0 aliphatic rings. The Balaban J connectivity index is 1.79. The van der Waals surface area contributed by atoms with Gasteiger partial charge in [0.05, 0.1) is 17.6 Å². The second-order valence-electron chi connectivity index (χ2n) is 5.59. The maximum atomic E-state index is 6.38. The van der Waals surface area contributed by atoms with Crippen LogP contribution >= 0.6 is 34.5 Å². The van der Waals surface area contributed by atoms with Crippen LogP contribution in [0, 0.1) is 0 Å². The number of hydrogen-bond acceptors (Lipinski definition) is 2. The van der Waals surface area contributed by atoms with Crippen molar-refractivity contribution in [2.75, 3.05) is 0 Å². The number of benzene rings is 2. The highest BCUT2D eigenvalue weighted by Gasteiger charge is 2.13. The SMILES string of the molecule is Clc1ccc(Cn2c(Cc3cccs3)nc3ccccc32)c(Cl)c1. The van der Waals surface area contributed by atoms with Gasteiger partial charge in [0.15, 0.2) is 0 Å². The first-order valence-corrected chi connectivity index (χ1v) is 9.25. The summed E-state index contributed by atoms with van der Waals surface area (Å²) in [6.45, 7) is 0.678. The Labute approximate surface area is 154 Å². The van der Waals surface area contributed by atoms with Crippen molar-refractivity contribution in [3.63, 3.8) is 0 Å². The molecule has 4 rings (SSSR count). The Kier molecular flexibility index (Phi) is 4.31. The minimum absolute atomic E-state index is 0.651. The quantitative estimate of drug-likeness (QED) is 0.426. The van der Waals surface area contributed by atoms with E-state index in [0.717, 1.165) is 28.8 Å². The van der Waals surface area contributed by atoms with Crippen molar-refractivity contribution in [3.05, 3.63) is 86.3 Å². The van der Waals surface area contributed by atoms with E-state index in [4.69, 9.17) is 28.2 Å². The van der Waals surface area contributed by atoms with Gasteiger partial charge >= 0.3 is 0 Å². The van der Waals surface area contributed by atoms with E-state index < -0.39 is 0 Å². The number of nitrogens with zero attached hydrogens (tertiary/aromatic N) is 2. The molecule has 0 unspecified atom stereocenters. The largest absolute Gasteiger partial charge is 0.323 e. The van der Waals surface area contributed by atoms with Gasteiger partial charge < -0.3 is 4.57 Å². The van der Waals surface area contributed by atoms with E-state index >= 15 is 0 Å². The van der Waals surface area contributed by atoms with Crippen LogP contribution in [0.15, 0.2) is 60.0 Å². The molecule has 2 aromatic heterocycles. The minimum Gasteiger partial charge on any atom is -0.323 e. The summed E-state index contributed by atoms with van der Waals surface area (Å²) in [6.07, 6.45) is 0.817. The molecule has 0 atom stereocenters. The van der Waals surface area contributed by atoms with Crippen molar-refractivity contribution in [2.24, 2.45) is 0 Å². The Bertz CT molecular complexity index is 990. The number of para-hydroxylation sites is 2. The van der Waals surface area contributed by atoms with Gasteiger partial charge in [0, 0.05) is 21.3 Å². The van der Waals surface area contributed by atoms with Gasteiger partial charge in [0.25, 0.3) is 0 Å². The van der Waals surface area contributed by atoms with Gasteiger partial charge in [-0.25, -0.2) is 4.98 Å². The standard InChI is InChI=1S/C19H14Cl2N2S/c20-14-8-7-13(16(21)10-14)12-23-18-6-2-1-5-17(18)22-19(23)11-15-4-3-9-24-15/h1-10H,11-12H2. The van der Waals surface area contributed by atoms with Gasteiger partial charge in [-0.2, -0.15) is 0 Å². The number of thiophene rings is 1. The van der Waals surface area contributed by atoms with Gasteiger partial charge in [-0.1, -0.05) is 47.5 Å². The molecule has 0 fully saturated rings. The molecule has 0 saturated heterocycles. The number of aromatic nitrogens is 2.